The first-order chi connectivity index (χ1) is 49.2. The number of ether oxygens (including phenoxy) is 24. The number of carbonyl (C=O) groups is 2. The topological polar surface area (TPSA) is 306 Å². The number of anilines is 1. The van der Waals surface area contributed by atoms with Gasteiger partial charge in [-0.2, -0.15) is 0 Å². The number of benzene rings is 2. The third kappa shape index (κ3) is 58.0. The lowest BCUT2D eigenvalue weighted by Gasteiger charge is -2.26. The van der Waals surface area contributed by atoms with Crippen LogP contribution in [-0.4, -0.2) is 342 Å². The molecule has 30 nitrogen and oxygen atoms in total. The highest BCUT2D eigenvalue weighted by Crippen LogP contribution is 2.26. The van der Waals surface area contributed by atoms with Gasteiger partial charge in [-0.3, -0.25) is 9.59 Å². The molecule has 30 heteroatoms. The van der Waals surface area contributed by atoms with Crippen molar-refractivity contribution in [3.63, 3.8) is 0 Å². The third-order valence-electron chi connectivity index (χ3n) is 13.2. The highest BCUT2D eigenvalue weighted by atomic mass is 16.6. The number of hydrogen-bond donors (Lipinski definition) is 2. The summed E-state index contributed by atoms with van der Waals surface area (Å²) in [5, 5.41) is 2.83. The molecule has 0 spiro atoms. The second kappa shape index (κ2) is 72.3. The lowest BCUT2D eigenvalue weighted by molar-refractivity contribution is -0.122. The summed E-state index contributed by atoms with van der Waals surface area (Å²) >= 11 is 0. The number of rotatable bonds is 78. The molecule has 1 heterocycles. The Morgan fingerprint density at radius 1 is 0.293 bits per heavy atom. The first kappa shape index (κ1) is 89.1. The van der Waals surface area contributed by atoms with E-state index in [1.807, 2.05) is 48.5 Å². The number of fused-ring (bicyclic) bond motifs is 2. The van der Waals surface area contributed by atoms with Crippen LogP contribution >= 0.6 is 0 Å². The molecule has 2 aromatic carbocycles. The Labute approximate surface area is 586 Å². The van der Waals surface area contributed by atoms with Crippen molar-refractivity contribution >= 4 is 17.5 Å². The van der Waals surface area contributed by atoms with E-state index in [1.54, 1.807) is 4.90 Å². The zero-order valence-corrected chi connectivity index (χ0v) is 58.6. The minimum Gasteiger partial charge on any atom is -0.379 e. The van der Waals surface area contributed by atoms with E-state index in [1.165, 1.54) is 0 Å². The number of amides is 2. The Bertz CT molecular complexity index is 2160. The van der Waals surface area contributed by atoms with Crippen molar-refractivity contribution in [2.24, 2.45) is 5.90 Å². The zero-order chi connectivity index (χ0) is 70.0. The Balaban J connectivity index is 0.865. The van der Waals surface area contributed by atoms with Gasteiger partial charge in [-0.05, 0) is 23.8 Å². The van der Waals surface area contributed by atoms with E-state index in [0.717, 1.165) is 22.4 Å². The number of nitrogens with two attached hydrogens (primary N) is 1. The van der Waals surface area contributed by atoms with Crippen LogP contribution in [0.3, 0.4) is 0 Å². The van der Waals surface area contributed by atoms with Gasteiger partial charge in [0.2, 0.25) is 11.8 Å². The molecule has 0 aliphatic carbocycles. The summed E-state index contributed by atoms with van der Waals surface area (Å²) in [4.78, 5) is 31.9. The molecule has 0 fully saturated rings. The van der Waals surface area contributed by atoms with Crippen LogP contribution in [-0.2, 0) is 135 Å². The van der Waals surface area contributed by atoms with Crippen molar-refractivity contribution in [2.45, 2.75) is 19.4 Å². The standard InChI is InChI=1S/C69H117N3O27/c70-99-62-61-98-60-59-97-58-57-96-56-55-95-54-53-94-52-51-93-50-49-92-48-47-91-46-45-90-44-43-89-42-41-88-40-39-87-38-37-86-36-35-85-34-33-84-32-31-83-30-29-82-28-27-81-26-25-80-24-23-79-22-21-78-20-19-77-18-17-76-16-15-75-14-12-68(73)71-13-11-69(74)72-63-66-7-2-1-5-64(66)9-10-65-6-3-4-8-67(65)72/h1-8H,11-63,70H2,(H,71,73). The average molecular weight is 1420 g/mol. The maximum atomic E-state index is 13.3. The van der Waals surface area contributed by atoms with E-state index >= 15 is 0 Å². The van der Waals surface area contributed by atoms with E-state index in [4.69, 9.17) is 120 Å². The van der Waals surface area contributed by atoms with Crippen molar-refractivity contribution < 1.29 is 128 Å². The minimum atomic E-state index is -0.179. The predicted molar refractivity (Wildman–Crippen MR) is 362 cm³/mol. The maximum Gasteiger partial charge on any atom is 0.229 e. The molecule has 0 atom stereocenters. The molecule has 0 unspecified atom stereocenters. The monoisotopic (exact) mass is 1420 g/mol. The fourth-order valence-electron chi connectivity index (χ4n) is 8.17. The van der Waals surface area contributed by atoms with Crippen LogP contribution in [0, 0.1) is 11.8 Å². The van der Waals surface area contributed by atoms with Crippen LogP contribution in [0.25, 0.3) is 0 Å². The van der Waals surface area contributed by atoms with Crippen molar-refractivity contribution in [3.05, 3.63) is 65.2 Å². The fourth-order valence-corrected chi connectivity index (χ4v) is 8.17. The van der Waals surface area contributed by atoms with Gasteiger partial charge >= 0.3 is 0 Å². The number of carbonyl (C=O) groups excluding carboxylic acids is 2. The Morgan fingerprint density at radius 3 is 0.788 bits per heavy atom. The van der Waals surface area contributed by atoms with Crippen LogP contribution in [0.4, 0.5) is 5.69 Å². The Hall–Kier alpha value is -4.10. The SMILES string of the molecule is NOCCOCCOCCOCCOCCOCCOCCOCCOCCOCCOCCOCCOCCOCCOCCOCCOCCOCCOCCOCCOCCOCCOCCOCCOCCC(=O)NCCC(=O)N1Cc2ccccc2C#Cc2ccccc21. The summed E-state index contributed by atoms with van der Waals surface area (Å²) in [7, 11) is 0. The molecule has 0 radical (unpaired) electrons. The lowest BCUT2D eigenvalue weighted by atomic mass is 10.0. The number of nitrogens with zero attached hydrogens (tertiary/aromatic N) is 1. The van der Waals surface area contributed by atoms with Crippen LogP contribution in [0.2, 0.25) is 0 Å². The van der Waals surface area contributed by atoms with E-state index in [9.17, 15) is 9.59 Å². The van der Waals surface area contributed by atoms with Crippen LogP contribution in [0.15, 0.2) is 48.5 Å². The molecule has 0 saturated heterocycles. The number of hydrogen-bond acceptors (Lipinski definition) is 28. The van der Waals surface area contributed by atoms with Gasteiger partial charge in [0.15, 0.2) is 0 Å². The van der Waals surface area contributed by atoms with Gasteiger partial charge in [-0.1, -0.05) is 42.2 Å². The van der Waals surface area contributed by atoms with Crippen molar-refractivity contribution in [1.82, 2.24) is 5.32 Å². The number of nitrogens with one attached hydrogen (secondary N) is 1. The smallest absolute Gasteiger partial charge is 0.229 e. The third-order valence-corrected chi connectivity index (χ3v) is 13.2. The van der Waals surface area contributed by atoms with Crippen molar-refractivity contribution in [2.75, 3.05) is 335 Å². The van der Waals surface area contributed by atoms with E-state index < -0.39 is 0 Å². The summed E-state index contributed by atoms with van der Waals surface area (Å²) in [6.07, 6.45) is 0.351. The van der Waals surface area contributed by atoms with E-state index in [0.29, 0.717) is 324 Å². The highest BCUT2D eigenvalue weighted by molar-refractivity contribution is 5.95. The summed E-state index contributed by atoms with van der Waals surface area (Å²) in [6, 6.07) is 15.4. The maximum absolute atomic E-state index is 13.3. The van der Waals surface area contributed by atoms with Gasteiger partial charge in [-0.25, -0.2) is 5.90 Å². The van der Waals surface area contributed by atoms with Gasteiger partial charge in [0.1, 0.15) is 0 Å². The van der Waals surface area contributed by atoms with Crippen LogP contribution in [0.1, 0.15) is 29.5 Å². The molecular formula is C69H117N3O27. The second-order valence-electron chi connectivity index (χ2n) is 20.8. The first-order valence-corrected chi connectivity index (χ1v) is 34.6. The number of para-hydroxylation sites is 1. The van der Waals surface area contributed by atoms with Crippen LogP contribution < -0.4 is 16.1 Å². The average Bonchev–Trinajstić information content (AvgIpc) is 0.816. The molecule has 0 aromatic heterocycles. The van der Waals surface area contributed by atoms with Gasteiger partial charge in [0.25, 0.3) is 0 Å². The highest BCUT2D eigenvalue weighted by Gasteiger charge is 2.21. The van der Waals surface area contributed by atoms with Crippen molar-refractivity contribution in [3.8, 4) is 11.8 Å². The largest absolute Gasteiger partial charge is 0.379 e. The van der Waals surface area contributed by atoms with Gasteiger partial charge < -0.3 is 129 Å². The molecule has 99 heavy (non-hydrogen) atoms. The normalized spacial score (nSPS) is 12.0. The lowest BCUT2D eigenvalue weighted by Crippen LogP contribution is -2.35. The van der Waals surface area contributed by atoms with Gasteiger partial charge in [-0.15, -0.1) is 0 Å². The fraction of sp³-hybridized carbons (Fsp3) is 0.768. The van der Waals surface area contributed by atoms with Crippen LogP contribution in [0.5, 0.6) is 0 Å². The molecule has 0 bridgehead atoms. The molecule has 3 N–H and O–H groups in total. The molecular weight excluding hydrogens is 1300 g/mol. The van der Waals surface area contributed by atoms with E-state index in [2.05, 4.69) is 22.0 Å². The molecule has 2 aromatic rings. The molecule has 0 saturated carbocycles. The van der Waals surface area contributed by atoms with Gasteiger partial charge in [0, 0.05) is 30.5 Å². The van der Waals surface area contributed by atoms with Crippen molar-refractivity contribution in [1.29, 1.82) is 0 Å². The predicted octanol–water partition coefficient (Wildman–Crippen LogP) is 2.12. The quantitative estimate of drug-likeness (QED) is 0.0544. The molecule has 570 valence electrons. The summed E-state index contributed by atoms with van der Waals surface area (Å²) in [6.45, 7) is 23.3. The zero-order valence-electron chi connectivity index (χ0n) is 58.6. The Morgan fingerprint density at radius 2 is 0.515 bits per heavy atom. The summed E-state index contributed by atoms with van der Waals surface area (Å²) < 4.78 is 132. The molecule has 2 amide bonds. The van der Waals surface area contributed by atoms with E-state index in [-0.39, 0.29) is 37.8 Å². The molecule has 1 aliphatic heterocycles. The minimum absolute atomic E-state index is 0.0883. The first-order valence-electron chi connectivity index (χ1n) is 34.6. The molecule has 3 rings (SSSR count). The summed E-state index contributed by atoms with van der Waals surface area (Å²) in [5.74, 6) is 11.1. The summed E-state index contributed by atoms with van der Waals surface area (Å²) in [5.41, 5.74) is 3.44. The Kier molecular flexibility index (Phi) is 65.0. The second-order valence-corrected chi connectivity index (χ2v) is 20.8. The molecule has 1 aliphatic rings. The van der Waals surface area contributed by atoms with Gasteiger partial charge in [0.05, 0.1) is 336 Å².